The predicted octanol–water partition coefficient (Wildman–Crippen LogP) is 5.80. The smallest absolute Gasteiger partial charge is 1.00 e. The van der Waals surface area contributed by atoms with Crippen LogP contribution in [-0.2, 0) is 41.2 Å². The number of aliphatic hydroxyl groups is 1. The van der Waals surface area contributed by atoms with E-state index in [2.05, 4.69) is 54.7 Å². The normalized spacial score (nSPS) is 9.97. The van der Waals surface area contributed by atoms with Gasteiger partial charge in [0, 0.05) is 7.11 Å². The zero-order valence-corrected chi connectivity index (χ0v) is 72.4. The number of aromatic carboxylic acids is 1. The molecule has 0 spiro atoms. The number of aromatic amines is 3. The molecule has 0 saturated heterocycles. The minimum atomic E-state index is -4.67. The Morgan fingerprint density at radius 2 is 1.03 bits per heavy atom. The number of fused-ring (bicyclic) bond motifs is 2. The number of carbonyl (C=O) groups is 4. The quantitative estimate of drug-likeness (QED) is 0.00460. The molecule has 0 fully saturated rings. The minimum Gasteiger partial charge on any atom is -1.00 e. The van der Waals surface area contributed by atoms with Crippen LogP contribution < -0.4 is 134 Å². The molecule has 0 bridgehead atoms. The summed E-state index contributed by atoms with van der Waals surface area (Å²) >= 11 is 15.3. The number of nitrogen functional groups attached to an aromatic ring is 1. The van der Waals surface area contributed by atoms with E-state index in [0.29, 0.717) is 27.3 Å². The number of H-pyrrole nitrogens is 3. The van der Waals surface area contributed by atoms with E-state index >= 15 is 0 Å². The van der Waals surface area contributed by atoms with Gasteiger partial charge >= 0.3 is 142 Å². The molecule has 0 atom stereocenters. The fourth-order valence-corrected chi connectivity index (χ4v) is 11.7. The molecular weight excluding hydrogens is 1730 g/mol. The van der Waals surface area contributed by atoms with Gasteiger partial charge < -0.3 is 56.4 Å². The number of carbonyl (C=O) groups excluding carboxylic acids is 3. The van der Waals surface area contributed by atoms with Gasteiger partial charge in [0.15, 0.2) is 21.6 Å². The molecule has 7 aromatic carbocycles. The number of nitro benzene ring substituents is 2. The number of anilines is 1. The van der Waals surface area contributed by atoms with Crippen LogP contribution in [-0.4, -0.2) is 147 Å². The number of alkyl halides is 1. The Morgan fingerprint density at radius 1 is 0.624 bits per heavy atom. The topological polar surface area (TPSA) is 521 Å². The molecule has 48 heteroatoms. The molecule has 13 aromatic rings. The first kappa shape index (κ1) is 101. The van der Waals surface area contributed by atoms with Gasteiger partial charge in [-0.05, 0) is 120 Å². The summed E-state index contributed by atoms with van der Waals surface area (Å²) in [5.74, 6) is -3.09. The maximum absolute atomic E-state index is 14.2. The number of methoxy groups -OCH3 is 4. The van der Waals surface area contributed by atoms with Crippen LogP contribution in [0.15, 0.2) is 189 Å². The van der Waals surface area contributed by atoms with Crippen molar-refractivity contribution in [1.29, 1.82) is 0 Å². The van der Waals surface area contributed by atoms with E-state index in [9.17, 15) is 66.2 Å². The minimum absolute atomic E-state index is 0. The molecule has 0 aliphatic heterocycles. The van der Waals surface area contributed by atoms with Crippen molar-refractivity contribution in [3.05, 3.63) is 278 Å². The second-order valence-electron chi connectivity index (χ2n) is 20.8. The van der Waals surface area contributed by atoms with Crippen molar-refractivity contribution in [1.82, 2.24) is 49.5 Å². The van der Waals surface area contributed by atoms with Crippen molar-refractivity contribution in [3.8, 4) is 44.3 Å². The monoisotopic (exact) mass is 1790 g/mol. The Labute approximate surface area is 764 Å². The van der Waals surface area contributed by atoms with Crippen LogP contribution in [0.25, 0.3) is 54.6 Å². The second kappa shape index (κ2) is 50.7. The van der Waals surface area contributed by atoms with Crippen LogP contribution in [0.1, 0.15) is 44.1 Å². The van der Waals surface area contributed by atoms with E-state index in [1.807, 2.05) is 92.7 Å². The summed E-state index contributed by atoms with van der Waals surface area (Å²) in [6.07, 6.45) is 0. The number of thioether (sulfide) groups is 1. The molecule has 0 saturated carbocycles. The average molecular weight is 1790 g/mol. The number of para-hydroxylation sites is 9. The number of rotatable bonds is 16. The Hall–Kier alpha value is -9.85. The molecule has 9 N–H and O–H groups in total. The number of nitro groups is 2. The Balaban J connectivity index is 0.000000483. The van der Waals surface area contributed by atoms with Crippen LogP contribution in [0.5, 0.6) is 11.5 Å². The number of carboxylic acids is 1. The van der Waals surface area contributed by atoms with Gasteiger partial charge in [-0.15, -0.1) is 44.5 Å². The molecule has 0 aliphatic carbocycles. The van der Waals surface area contributed by atoms with Gasteiger partial charge in [0.25, 0.3) is 17.6 Å². The van der Waals surface area contributed by atoms with Gasteiger partial charge in [-0.25, -0.2) is 37.5 Å². The van der Waals surface area contributed by atoms with Gasteiger partial charge in [-0.3, -0.25) is 58.0 Å². The Bertz CT molecular complexity index is 5840. The van der Waals surface area contributed by atoms with Gasteiger partial charge in [-0.1, -0.05) is 78.5 Å². The fraction of sp³-hybridized carbons (Fsp3) is 0.101. The second-order valence-corrected chi connectivity index (χ2v) is 25.2. The van der Waals surface area contributed by atoms with E-state index in [4.69, 9.17) is 76.8 Å². The predicted molar refractivity (Wildman–Crippen MR) is 411 cm³/mol. The molecule has 0 radical (unpaired) electrons. The standard InChI is InChI=1S/C22H16FN5O2S2.C13H11N3OS2.C9H6ClFN2O.C8H6FNO4.C8H8FNO2.C7H4FNO4.CH2O3.CH4O.2K.H2O4S.H/c1-30-16-9-3-2-8-15(16)28-20(17-10-5-11-31-17)26-27-22(28)32-12-18-24-19-13(21(29)25-18)6-4-7-14(19)23;1-17-10-6-3-2-5-9(10)16-12(14-15-13(16)18)11-7-4-8-19-11;10-4-7-12-8-5(9(14)13-7)2-1-3-6(8)11;1-14-8(11)5-3-2-4-6(9)7(5)10(12)13;1-12-8(11)5-3-2-4-6(9)7(5)10;8-5-3-1-2-4(7(10)11)6(5)9(12)13;2-1-4-3;1-2;;;1-5(2,3)4;/h2-11H,12H2,1H3,(H,24,25,29);2-8H,1H3,(H,15,18);1-3H,4H2,(H,12,13,14);2-4H,1H3;2-4H,10H2,1H3;1-3H,(H,10,11);1,3H;2H,1H3;;;(H2,1,2,3,4);/q;;;;;;;;2*+1;;-1/p-1. The first-order valence-corrected chi connectivity index (χ1v) is 36.1. The Kier molecular flexibility index (Phi) is 43.9. The summed E-state index contributed by atoms with van der Waals surface area (Å²) < 4.78 is 121. The van der Waals surface area contributed by atoms with Crippen LogP contribution >= 0.6 is 58.3 Å². The van der Waals surface area contributed by atoms with Gasteiger partial charge in [0.05, 0.1) is 93.1 Å². The average Bonchev–Trinajstić information content (AvgIpc) is 1.62. The van der Waals surface area contributed by atoms with Crippen molar-refractivity contribution >= 4 is 132 Å². The van der Waals surface area contributed by atoms with Crippen molar-refractivity contribution < 1.29 is 212 Å². The van der Waals surface area contributed by atoms with E-state index in [0.717, 1.165) is 77.3 Å². The number of esters is 2. The third-order valence-electron chi connectivity index (χ3n) is 13.8. The van der Waals surface area contributed by atoms with E-state index < -0.39 is 89.7 Å². The van der Waals surface area contributed by atoms with E-state index in [-0.39, 0.29) is 172 Å². The molecule has 13 rings (SSSR count). The zero-order chi connectivity index (χ0) is 85.2. The van der Waals surface area contributed by atoms with E-state index in [1.165, 1.54) is 73.5 Å². The number of aliphatic hydroxyl groups excluding tert-OH is 1. The van der Waals surface area contributed by atoms with Crippen molar-refractivity contribution in [3.63, 3.8) is 0 Å². The summed E-state index contributed by atoms with van der Waals surface area (Å²) in [6, 6.07) is 42.0. The first-order valence-electron chi connectivity index (χ1n) is 31.1. The van der Waals surface area contributed by atoms with Gasteiger partial charge in [0.2, 0.25) is 11.6 Å². The van der Waals surface area contributed by atoms with Crippen molar-refractivity contribution in [2.45, 2.75) is 16.8 Å². The molecule has 0 amide bonds. The molecule has 6 heterocycles. The number of nitrogens with zero attached hydrogens (tertiary/aromatic N) is 9. The van der Waals surface area contributed by atoms with Gasteiger partial charge in [0.1, 0.15) is 62.8 Å². The molecule has 606 valence electrons. The van der Waals surface area contributed by atoms with E-state index in [1.54, 1.807) is 43.0 Å². The zero-order valence-electron chi connectivity index (χ0n) is 62.3. The molecule has 0 aliphatic rings. The van der Waals surface area contributed by atoms with Crippen molar-refractivity contribution in [2.75, 3.05) is 41.3 Å². The molecule has 35 nitrogen and oxygen atoms in total. The Morgan fingerprint density at radius 3 is 1.47 bits per heavy atom. The molecule has 6 aromatic heterocycles. The number of benzene rings is 7. The maximum atomic E-state index is 14.2. The molecular formula is C69H59ClF5K2N13O22S5. The number of hydrogen-bond donors (Lipinski definition) is 8. The number of aromatic nitrogens is 10. The number of thiophene rings is 2. The maximum Gasteiger partial charge on any atom is 1.00 e. The summed E-state index contributed by atoms with van der Waals surface area (Å²) in [4.78, 5) is 101. The van der Waals surface area contributed by atoms with Crippen LogP contribution in [0.2, 0.25) is 0 Å². The largest absolute Gasteiger partial charge is 1.00 e. The third-order valence-corrected chi connectivity index (χ3v) is 17.0. The van der Waals surface area contributed by atoms with Crippen LogP contribution in [0.4, 0.5) is 39.0 Å². The number of nitrogens with one attached hydrogen (secondary N) is 3. The number of ether oxygens (including phenoxy) is 4. The summed E-state index contributed by atoms with van der Waals surface area (Å²) in [5.41, 5.74) is 3.29. The van der Waals surface area contributed by atoms with Crippen molar-refractivity contribution in [2.24, 2.45) is 0 Å². The number of hydrogen-bond acceptors (Lipinski definition) is 29. The number of nitrogens with two attached hydrogens (primary N) is 1. The summed E-state index contributed by atoms with van der Waals surface area (Å²) in [7, 11) is 1.87. The van der Waals surface area contributed by atoms with Crippen LogP contribution in [0, 0.1) is 54.1 Å². The third kappa shape index (κ3) is 29.3. The SMILES string of the molecule is CO.COC(=O)c1cccc(F)c1N.COC(=O)c1cccc(F)c1[N+](=O)[O-].COc1ccccc1-n1c(-c2cccs2)n[nH]c1=S.COc1ccccc1-n1c(SCc2nc3c(F)cccc3c(=O)[nH]2)nnc1-c1cccs1.O=C(O)c1cccc(F)c1[N+](=O)[O-].O=CO[O-].O=S(=O)(O)O.O=c1[nH]c(CCl)nc2c(F)cccc12.[H-].[K+].[K+]. The van der Waals surface area contributed by atoms with Crippen LogP contribution in [0.3, 0.4) is 0 Å². The number of carboxylic acid groups (broad SMARTS) is 1. The summed E-state index contributed by atoms with van der Waals surface area (Å²) in [6.45, 7) is -0.181. The molecule has 117 heavy (non-hydrogen) atoms. The fourth-order valence-electron chi connectivity index (χ4n) is 9.15. The first-order chi connectivity index (χ1) is 54.9. The van der Waals surface area contributed by atoms with Gasteiger partial charge in [-0.2, -0.15) is 22.3 Å². The molecule has 0 unspecified atom stereocenters. The number of halogens is 6. The summed E-state index contributed by atoms with van der Waals surface area (Å²) in [5, 5.41) is 65.5.